The van der Waals surface area contributed by atoms with Crippen LogP contribution in [0.4, 0.5) is 10.5 Å². The lowest BCUT2D eigenvalue weighted by Crippen LogP contribution is -3.11. The second-order valence-electron chi connectivity index (χ2n) is 8.10. The number of carbonyl (C=O) groups excluding carboxylic acids is 2. The number of amides is 3. The number of anilines is 1. The second kappa shape index (κ2) is 10.5. The lowest BCUT2D eigenvalue weighted by Gasteiger charge is -2.22. The van der Waals surface area contributed by atoms with E-state index in [2.05, 4.69) is 24.5 Å². The van der Waals surface area contributed by atoms with Crippen LogP contribution in [0.2, 0.25) is 0 Å². The van der Waals surface area contributed by atoms with Crippen LogP contribution < -0.4 is 29.9 Å². The molecule has 0 unspecified atom stereocenters. The zero-order chi connectivity index (χ0) is 21.5. The number of nitrogens with one attached hydrogen (secondary N) is 3. The Hall–Kier alpha value is -2.48. The highest BCUT2D eigenvalue weighted by Gasteiger charge is 2.32. The van der Waals surface area contributed by atoms with Crippen molar-refractivity contribution in [1.82, 2.24) is 10.6 Å². The lowest BCUT2D eigenvalue weighted by molar-refractivity contribution is -0.896. The topological polar surface area (TPSA) is 84.3 Å². The number of nitrogens with zero attached hydrogens (tertiary/aromatic N) is 1. The van der Waals surface area contributed by atoms with Crippen LogP contribution in [0.5, 0.6) is 11.5 Å². The molecule has 0 aromatic heterocycles. The fourth-order valence-corrected chi connectivity index (χ4v) is 4.04. The van der Waals surface area contributed by atoms with Gasteiger partial charge in [0.25, 0.3) is 0 Å². The van der Waals surface area contributed by atoms with Crippen molar-refractivity contribution >= 4 is 17.6 Å². The summed E-state index contributed by atoms with van der Waals surface area (Å²) < 4.78 is 11.1. The normalized spacial score (nSPS) is 19.1. The van der Waals surface area contributed by atoms with Gasteiger partial charge in [0.15, 0.2) is 11.5 Å². The van der Waals surface area contributed by atoms with Crippen molar-refractivity contribution in [2.45, 2.75) is 52.1 Å². The summed E-state index contributed by atoms with van der Waals surface area (Å²) in [6.45, 7) is 11.3. The smallest absolute Gasteiger partial charge is 0.315 e. The van der Waals surface area contributed by atoms with E-state index in [1.807, 2.05) is 25.1 Å². The molecule has 0 saturated carbocycles. The second-order valence-corrected chi connectivity index (χ2v) is 8.10. The number of hydrogen-bond acceptors (Lipinski definition) is 4. The van der Waals surface area contributed by atoms with Crippen LogP contribution in [0.25, 0.3) is 0 Å². The Labute approximate surface area is 178 Å². The van der Waals surface area contributed by atoms with E-state index < -0.39 is 0 Å². The molecule has 0 aliphatic carbocycles. The van der Waals surface area contributed by atoms with Crippen LogP contribution in [0.3, 0.4) is 0 Å². The molecule has 3 amide bonds. The molecular weight excluding hydrogens is 384 g/mol. The minimum Gasteiger partial charge on any atom is -0.486 e. The molecule has 166 valence electrons. The quantitative estimate of drug-likeness (QED) is 0.557. The summed E-state index contributed by atoms with van der Waals surface area (Å²) in [5.41, 5.74) is 0.765. The van der Waals surface area contributed by atoms with E-state index in [9.17, 15) is 9.59 Å². The third kappa shape index (κ3) is 5.78. The predicted molar refractivity (Wildman–Crippen MR) is 115 cm³/mol. The average Bonchev–Trinajstić information content (AvgIpc) is 3.10. The Balaban J connectivity index is 1.45. The summed E-state index contributed by atoms with van der Waals surface area (Å²) in [6, 6.07) is 5.19. The number of hydrogen-bond donors (Lipinski definition) is 3. The van der Waals surface area contributed by atoms with Gasteiger partial charge in [-0.05, 0) is 45.7 Å². The first-order valence-electron chi connectivity index (χ1n) is 11.1. The summed E-state index contributed by atoms with van der Waals surface area (Å²) in [5.74, 6) is 1.34. The van der Waals surface area contributed by atoms with Crippen LogP contribution in [0.1, 0.15) is 40.0 Å². The summed E-state index contributed by atoms with van der Waals surface area (Å²) in [5, 5.41) is 5.95. The molecule has 1 aromatic rings. The zero-order valence-electron chi connectivity index (χ0n) is 18.3. The molecule has 3 N–H and O–H groups in total. The summed E-state index contributed by atoms with van der Waals surface area (Å²) in [6.07, 6.45) is 2.32. The maximum atomic E-state index is 12.5. The summed E-state index contributed by atoms with van der Waals surface area (Å²) in [7, 11) is 0. The Morgan fingerprint density at radius 1 is 1.23 bits per heavy atom. The van der Waals surface area contributed by atoms with Gasteiger partial charge >= 0.3 is 6.03 Å². The molecule has 2 atom stereocenters. The standard InChI is InChI=1S/C22H34N4O4/c1-4-25(5-2)10-6-7-16(3)23-22(28)24-17-13-21(27)26(15-17)18-8-9-19-20(14-18)30-12-11-29-19/h8-9,14,16-17H,4-7,10-13,15H2,1-3H3,(H2,23,24,28)/p+1/t16-,17+/m1/s1. The third-order valence-electron chi connectivity index (χ3n) is 5.84. The number of rotatable bonds is 9. The van der Waals surface area contributed by atoms with Crippen LogP contribution in [0.15, 0.2) is 18.2 Å². The number of carbonyl (C=O) groups is 2. The zero-order valence-corrected chi connectivity index (χ0v) is 18.3. The van der Waals surface area contributed by atoms with Crippen LogP contribution >= 0.6 is 0 Å². The fraction of sp³-hybridized carbons (Fsp3) is 0.636. The number of urea groups is 1. The van der Waals surface area contributed by atoms with Crippen LogP contribution in [-0.4, -0.2) is 63.4 Å². The average molecular weight is 420 g/mol. The Bertz CT molecular complexity index is 738. The number of fused-ring (bicyclic) bond motifs is 1. The first kappa shape index (κ1) is 22.2. The van der Waals surface area contributed by atoms with Gasteiger partial charge in [-0.25, -0.2) is 4.79 Å². The van der Waals surface area contributed by atoms with Gasteiger partial charge in [-0.3, -0.25) is 4.79 Å². The molecule has 1 aromatic carbocycles. The van der Waals surface area contributed by atoms with Crippen molar-refractivity contribution in [3.05, 3.63) is 18.2 Å². The highest BCUT2D eigenvalue weighted by atomic mass is 16.6. The summed E-state index contributed by atoms with van der Waals surface area (Å²) >= 11 is 0. The van der Waals surface area contributed by atoms with Gasteiger partial charge in [-0.2, -0.15) is 0 Å². The lowest BCUT2D eigenvalue weighted by atomic mass is 10.2. The molecule has 3 rings (SSSR count). The van der Waals surface area contributed by atoms with Crippen molar-refractivity contribution in [2.75, 3.05) is 44.3 Å². The molecule has 8 nitrogen and oxygen atoms in total. The Kier molecular flexibility index (Phi) is 7.79. The third-order valence-corrected chi connectivity index (χ3v) is 5.84. The van der Waals surface area contributed by atoms with Crippen molar-refractivity contribution < 1.29 is 24.0 Å². The molecule has 0 spiro atoms. The first-order chi connectivity index (χ1) is 14.5. The predicted octanol–water partition coefficient (Wildman–Crippen LogP) is 0.956. The Morgan fingerprint density at radius 2 is 1.97 bits per heavy atom. The van der Waals surface area contributed by atoms with E-state index >= 15 is 0 Å². The highest BCUT2D eigenvalue weighted by molar-refractivity contribution is 5.97. The van der Waals surface area contributed by atoms with Gasteiger partial charge < -0.3 is 29.9 Å². The van der Waals surface area contributed by atoms with Gasteiger partial charge in [-0.15, -0.1) is 0 Å². The molecule has 30 heavy (non-hydrogen) atoms. The van der Waals surface area contributed by atoms with E-state index in [1.54, 1.807) is 9.80 Å². The molecule has 2 aliphatic heterocycles. The van der Waals surface area contributed by atoms with Gasteiger partial charge in [0, 0.05) is 30.8 Å². The molecule has 1 saturated heterocycles. The molecular formula is C22H35N4O4+. The fourth-order valence-electron chi connectivity index (χ4n) is 4.04. The maximum absolute atomic E-state index is 12.5. The SMILES string of the molecule is CC[NH+](CC)CCC[C@@H](C)NC(=O)N[C@H]1CC(=O)N(c2ccc3c(c2)OCCO3)C1. The number of benzene rings is 1. The molecule has 8 heteroatoms. The molecule has 0 bridgehead atoms. The van der Waals surface area contributed by atoms with Crippen molar-refractivity contribution in [3.8, 4) is 11.5 Å². The Morgan fingerprint density at radius 3 is 2.70 bits per heavy atom. The monoisotopic (exact) mass is 419 g/mol. The van der Waals surface area contributed by atoms with Crippen molar-refractivity contribution in [1.29, 1.82) is 0 Å². The minimum absolute atomic E-state index is 0.00720. The minimum atomic E-state index is -0.210. The van der Waals surface area contributed by atoms with Crippen molar-refractivity contribution in [3.63, 3.8) is 0 Å². The highest BCUT2D eigenvalue weighted by Crippen LogP contribution is 2.35. The molecule has 2 heterocycles. The van der Waals surface area contributed by atoms with Crippen LogP contribution in [0, 0.1) is 0 Å². The number of ether oxygens (including phenoxy) is 2. The first-order valence-corrected chi connectivity index (χ1v) is 11.1. The van der Waals surface area contributed by atoms with Crippen LogP contribution in [-0.2, 0) is 4.79 Å². The molecule has 2 aliphatic rings. The number of quaternary nitrogens is 1. The van der Waals surface area contributed by atoms with Gasteiger partial charge in [0.05, 0.1) is 25.7 Å². The van der Waals surface area contributed by atoms with E-state index in [1.165, 1.54) is 0 Å². The maximum Gasteiger partial charge on any atom is 0.315 e. The molecule has 0 radical (unpaired) electrons. The molecule has 1 fully saturated rings. The van der Waals surface area contributed by atoms with E-state index in [0.717, 1.165) is 38.2 Å². The summed E-state index contributed by atoms with van der Waals surface area (Å²) in [4.78, 5) is 28.1. The van der Waals surface area contributed by atoms with Gasteiger partial charge in [0.2, 0.25) is 5.91 Å². The van der Waals surface area contributed by atoms with Crippen molar-refractivity contribution in [2.24, 2.45) is 0 Å². The van der Waals surface area contributed by atoms with Gasteiger partial charge in [-0.1, -0.05) is 0 Å². The van der Waals surface area contributed by atoms with E-state index in [-0.39, 0.29) is 24.0 Å². The van der Waals surface area contributed by atoms with Gasteiger partial charge in [0.1, 0.15) is 13.2 Å². The van der Waals surface area contributed by atoms with E-state index in [0.29, 0.717) is 37.7 Å². The van der Waals surface area contributed by atoms with E-state index in [4.69, 9.17) is 9.47 Å². The largest absolute Gasteiger partial charge is 0.486 e.